The van der Waals surface area contributed by atoms with Crippen LogP contribution >= 0.6 is 15.9 Å². The lowest BCUT2D eigenvalue weighted by atomic mass is 10.0. The van der Waals surface area contributed by atoms with Crippen LogP contribution in [0.3, 0.4) is 0 Å². The standard InChI is InChI=1S/C15H17BrN2O2/c1-18(10-12-6-7-14(16)20-12)15(19)13-5-3-2-4-11(13)8-9-17/h2-7H,8-10,17H2,1H3. The van der Waals surface area contributed by atoms with Crippen molar-refractivity contribution in [3.63, 3.8) is 0 Å². The van der Waals surface area contributed by atoms with Crippen LogP contribution in [0.5, 0.6) is 0 Å². The molecule has 1 aromatic heterocycles. The average Bonchev–Trinajstić information content (AvgIpc) is 2.84. The zero-order chi connectivity index (χ0) is 14.5. The molecule has 0 saturated heterocycles. The van der Waals surface area contributed by atoms with Gasteiger partial charge in [0.1, 0.15) is 5.76 Å². The SMILES string of the molecule is CN(Cc1ccc(Br)o1)C(=O)c1ccccc1CCN. The largest absolute Gasteiger partial charge is 0.452 e. The Hall–Kier alpha value is -1.59. The van der Waals surface area contributed by atoms with Crippen LogP contribution in [0.1, 0.15) is 21.7 Å². The molecule has 2 rings (SSSR count). The Morgan fingerprint density at radius 3 is 2.70 bits per heavy atom. The fourth-order valence-electron chi connectivity index (χ4n) is 2.05. The Bertz CT molecular complexity index is 595. The van der Waals surface area contributed by atoms with Crippen LogP contribution in [0.15, 0.2) is 45.5 Å². The molecule has 0 saturated carbocycles. The van der Waals surface area contributed by atoms with Gasteiger partial charge in [0.15, 0.2) is 4.67 Å². The van der Waals surface area contributed by atoms with Gasteiger partial charge in [0, 0.05) is 12.6 Å². The first-order valence-corrected chi connectivity index (χ1v) is 7.18. The molecule has 0 unspecified atom stereocenters. The van der Waals surface area contributed by atoms with Crippen molar-refractivity contribution < 1.29 is 9.21 Å². The second-order valence-corrected chi connectivity index (χ2v) is 5.34. The number of hydrogen-bond donors (Lipinski definition) is 1. The molecule has 2 N–H and O–H groups in total. The summed E-state index contributed by atoms with van der Waals surface area (Å²) < 4.78 is 6.08. The Balaban J connectivity index is 2.14. The van der Waals surface area contributed by atoms with Crippen molar-refractivity contribution in [1.29, 1.82) is 0 Å². The Morgan fingerprint density at radius 1 is 1.30 bits per heavy atom. The van der Waals surface area contributed by atoms with Crippen molar-refractivity contribution in [3.05, 3.63) is 58.0 Å². The van der Waals surface area contributed by atoms with E-state index in [9.17, 15) is 4.79 Å². The molecule has 4 nitrogen and oxygen atoms in total. The van der Waals surface area contributed by atoms with Gasteiger partial charge in [0.2, 0.25) is 0 Å². The van der Waals surface area contributed by atoms with E-state index in [1.807, 2.05) is 36.4 Å². The van der Waals surface area contributed by atoms with E-state index in [2.05, 4.69) is 15.9 Å². The van der Waals surface area contributed by atoms with Crippen LogP contribution in [0, 0.1) is 0 Å². The topological polar surface area (TPSA) is 59.5 Å². The zero-order valence-electron chi connectivity index (χ0n) is 11.3. The third-order valence-corrected chi connectivity index (χ3v) is 3.46. The first-order chi connectivity index (χ1) is 9.61. The van der Waals surface area contributed by atoms with Gasteiger partial charge in [-0.25, -0.2) is 0 Å². The third-order valence-electron chi connectivity index (χ3n) is 3.03. The van der Waals surface area contributed by atoms with E-state index in [1.54, 1.807) is 11.9 Å². The van der Waals surface area contributed by atoms with E-state index >= 15 is 0 Å². The van der Waals surface area contributed by atoms with Gasteiger partial charge in [0.25, 0.3) is 5.91 Å². The number of halogens is 1. The number of nitrogens with two attached hydrogens (primary N) is 1. The molecule has 106 valence electrons. The molecule has 1 heterocycles. The summed E-state index contributed by atoms with van der Waals surface area (Å²) in [6.07, 6.45) is 0.696. The third kappa shape index (κ3) is 3.49. The number of benzene rings is 1. The van der Waals surface area contributed by atoms with Crippen molar-refractivity contribution >= 4 is 21.8 Å². The maximum atomic E-state index is 12.5. The summed E-state index contributed by atoms with van der Waals surface area (Å²) in [4.78, 5) is 14.1. The predicted octanol–water partition coefficient (Wildman–Crippen LogP) is 2.82. The predicted molar refractivity (Wildman–Crippen MR) is 81.4 cm³/mol. The van der Waals surface area contributed by atoms with Crippen LogP contribution in [-0.4, -0.2) is 24.4 Å². The van der Waals surface area contributed by atoms with Crippen molar-refractivity contribution in [3.8, 4) is 0 Å². The smallest absolute Gasteiger partial charge is 0.254 e. The van der Waals surface area contributed by atoms with Gasteiger partial charge in [-0.2, -0.15) is 0 Å². The highest BCUT2D eigenvalue weighted by molar-refractivity contribution is 9.10. The average molecular weight is 337 g/mol. The fourth-order valence-corrected chi connectivity index (χ4v) is 2.39. The van der Waals surface area contributed by atoms with Gasteiger partial charge in [-0.05, 0) is 52.7 Å². The van der Waals surface area contributed by atoms with Crippen LogP contribution in [0.4, 0.5) is 0 Å². The zero-order valence-corrected chi connectivity index (χ0v) is 12.9. The van der Waals surface area contributed by atoms with Crippen molar-refractivity contribution in [1.82, 2.24) is 4.90 Å². The number of nitrogens with zero attached hydrogens (tertiary/aromatic N) is 1. The van der Waals surface area contributed by atoms with Gasteiger partial charge in [-0.1, -0.05) is 18.2 Å². The van der Waals surface area contributed by atoms with Crippen LogP contribution in [-0.2, 0) is 13.0 Å². The molecule has 1 amide bonds. The van der Waals surface area contributed by atoms with E-state index in [4.69, 9.17) is 10.2 Å². The first-order valence-electron chi connectivity index (χ1n) is 6.39. The number of rotatable bonds is 5. The number of carbonyl (C=O) groups excluding carboxylic acids is 1. The molecule has 0 aliphatic rings. The van der Waals surface area contributed by atoms with Gasteiger partial charge < -0.3 is 15.1 Å². The molecular formula is C15H17BrN2O2. The van der Waals surface area contributed by atoms with Crippen molar-refractivity contribution in [2.24, 2.45) is 5.73 Å². The summed E-state index contributed by atoms with van der Waals surface area (Å²) in [6, 6.07) is 11.2. The molecule has 0 atom stereocenters. The molecule has 0 spiro atoms. The second kappa shape index (κ2) is 6.72. The summed E-state index contributed by atoms with van der Waals surface area (Å²) >= 11 is 3.25. The van der Waals surface area contributed by atoms with E-state index in [0.29, 0.717) is 29.7 Å². The summed E-state index contributed by atoms with van der Waals surface area (Å²) in [5, 5.41) is 0. The van der Waals surface area contributed by atoms with Crippen LogP contribution in [0.2, 0.25) is 0 Å². The summed E-state index contributed by atoms with van der Waals surface area (Å²) in [7, 11) is 1.76. The molecule has 1 aromatic carbocycles. The minimum absolute atomic E-state index is 0.0263. The lowest BCUT2D eigenvalue weighted by molar-refractivity contribution is 0.0774. The Kier molecular flexibility index (Phi) is 4.98. The maximum Gasteiger partial charge on any atom is 0.254 e. The summed E-state index contributed by atoms with van der Waals surface area (Å²) in [6.45, 7) is 0.959. The summed E-state index contributed by atoms with van der Waals surface area (Å²) in [5.74, 6) is 0.714. The highest BCUT2D eigenvalue weighted by Gasteiger charge is 2.16. The Labute approximate surface area is 126 Å². The molecule has 5 heteroatoms. The van der Waals surface area contributed by atoms with Gasteiger partial charge in [-0.15, -0.1) is 0 Å². The number of hydrogen-bond acceptors (Lipinski definition) is 3. The van der Waals surface area contributed by atoms with Crippen molar-refractivity contribution in [2.75, 3.05) is 13.6 Å². The normalized spacial score (nSPS) is 10.6. The highest BCUT2D eigenvalue weighted by atomic mass is 79.9. The van der Waals surface area contributed by atoms with Crippen LogP contribution < -0.4 is 5.73 Å². The second-order valence-electron chi connectivity index (χ2n) is 4.56. The van der Waals surface area contributed by atoms with Gasteiger partial charge >= 0.3 is 0 Å². The van der Waals surface area contributed by atoms with Crippen LogP contribution in [0.25, 0.3) is 0 Å². The van der Waals surface area contributed by atoms with E-state index in [-0.39, 0.29) is 5.91 Å². The number of amides is 1. The Morgan fingerprint density at radius 2 is 2.05 bits per heavy atom. The molecule has 0 aliphatic carbocycles. The van der Waals surface area contributed by atoms with E-state index in [1.165, 1.54) is 0 Å². The quantitative estimate of drug-likeness (QED) is 0.913. The lowest BCUT2D eigenvalue weighted by Gasteiger charge is -2.17. The molecule has 0 bridgehead atoms. The van der Waals surface area contributed by atoms with E-state index in [0.717, 1.165) is 11.3 Å². The minimum atomic E-state index is -0.0263. The molecule has 0 radical (unpaired) electrons. The van der Waals surface area contributed by atoms with E-state index < -0.39 is 0 Å². The molecule has 0 aliphatic heterocycles. The number of furan rings is 1. The number of carbonyl (C=O) groups is 1. The highest BCUT2D eigenvalue weighted by Crippen LogP contribution is 2.17. The monoisotopic (exact) mass is 336 g/mol. The van der Waals surface area contributed by atoms with Crippen molar-refractivity contribution in [2.45, 2.75) is 13.0 Å². The molecule has 20 heavy (non-hydrogen) atoms. The molecule has 0 fully saturated rings. The summed E-state index contributed by atoms with van der Waals surface area (Å²) in [5.41, 5.74) is 7.27. The molecular weight excluding hydrogens is 320 g/mol. The van der Waals surface area contributed by atoms with Gasteiger partial charge in [-0.3, -0.25) is 4.79 Å². The lowest BCUT2D eigenvalue weighted by Crippen LogP contribution is -2.27. The van der Waals surface area contributed by atoms with Gasteiger partial charge in [0.05, 0.1) is 6.54 Å². The maximum absolute atomic E-state index is 12.5. The molecule has 2 aromatic rings. The fraction of sp³-hybridized carbons (Fsp3) is 0.267. The minimum Gasteiger partial charge on any atom is -0.452 e. The first kappa shape index (κ1) is 14.8.